The second-order valence-electron chi connectivity index (χ2n) is 4.78. The summed E-state index contributed by atoms with van der Waals surface area (Å²) in [6.07, 6.45) is 0.102. The molecule has 0 bridgehead atoms. The number of amides is 2. The third-order valence-corrected chi connectivity index (χ3v) is 5.24. The van der Waals surface area contributed by atoms with Gasteiger partial charge in [0.25, 0.3) is 10.0 Å². The van der Waals surface area contributed by atoms with Gasteiger partial charge in [0.05, 0.1) is 12.0 Å². The molecule has 1 heterocycles. The summed E-state index contributed by atoms with van der Waals surface area (Å²) in [6.45, 7) is 1.69. The van der Waals surface area contributed by atoms with Crippen LogP contribution in [-0.4, -0.2) is 37.7 Å². The van der Waals surface area contributed by atoms with Crippen LogP contribution >= 0.6 is 0 Å². The predicted molar refractivity (Wildman–Crippen MR) is 74.0 cm³/mol. The summed E-state index contributed by atoms with van der Waals surface area (Å²) < 4.78 is 30.8. The molecule has 1 saturated heterocycles. The number of benzene rings is 1. The zero-order valence-corrected chi connectivity index (χ0v) is 12.5. The highest BCUT2D eigenvalue weighted by Crippen LogP contribution is 2.29. The molecule has 7 nitrogen and oxygen atoms in total. The maximum Gasteiger partial charge on any atom is 0.267 e. The van der Waals surface area contributed by atoms with Gasteiger partial charge in [0.2, 0.25) is 11.8 Å². The van der Waals surface area contributed by atoms with Crippen molar-refractivity contribution in [2.75, 3.05) is 7.11 Å². The van der Waals surface area contributed by atoms with Gasteiger partial charge in [0, 0.05) is 6.42 Å². The first kappa shape index (κ1) is 15.3. The normalized spacial score (nSPS) is 18.9. The average Bonchev–Trinajstić information content (AvgIpc) is 2.81. The number of methoxy groups -OCH3 is 1. The minimum absolute atomic E-state index is 0.0119. The van der Waals surface area contributed by atoms with Crippen molar-refractivity contribution < 1.29 is 22.7 Å². The van der Waals surface area contributed by atoms with Crippen LogP contribution < -0.4 is 10.5 Å². The van der Waals surface area contributed by atoms with Crippen LogP contribution in [0.4, 0.5) is 0 Å². The number of primary amides is 1. The molecule has 1 fully saturated rings. The highest BCUT2D eigenvalue weighted by Gasteiger charge is 2.43. The van der Waals surface area contributed by atoms with Crippen molar-refractivity contribution in [1.29, 1.82) is 0 Å². The smallest absolute Gasteiger partial charge is 0.267 e. The third-order valence-electron chi connectivity index (χ3n) is 3.41. The molecule has 1 aromatic rings. The first-order chi connectivity index (χ1) is 9.78. The fourth-order valence-corrected chi connectivity index (χ4v) is 4.04. The van der Waals surface area contributed by atoms with Gasteiger partial charge in [-0.2, -0.15) is 0 Å². The summed E-state index contributed by atoms with van der Waals surface area (Å²) in [7, 11) is -2.63. The first-order valence-corrected chi connectivity index (χ1v) is 7.74. The Kier molecular flexibility index (Phi) is 3.91. The Bertz CT molecular complexity index is 699. The van der Waals surface area contributed by atoms with E-state index in [1.807, 2.05) is 0 Å². The summed E-state index contributed by atoms with van der Waals surface area (Å²) in [5.41, 5.74) is 5.80. The lowest BCUT2D eigenvalue weighted by Crippen LogP contribution is -2.45. The van der Waals surface area contributed by atoms with Gasteiger partial charge in [-0.05, 0) is 37.1 Å². The molecule has 0 unspecified atom stereocenters. The number of ether oxygens (including phenoxy) is 1. The average molecular weight is 312 g/mol. The molecule has 21 heavy (non-hydrogen) atoms. The van der Waals surface area contributed by atoms with E-state index in [0.29, 0.717) is 15.6 Å². The van der Waals surface area contributed by atoms with Gasteiger partial charge in [-0.3, -0.25) is 9.59 Å². The molecule has 1 aliphatic heterocycles. The van der Waals surface area contributed by atoms with Crippen LogP contribution in [0.2, 0.25) is 0 Å². The van der Waals surface area contributed by atoms with E-state index in [1.165, 1.54) is 25.3 Å². The molecule has 0 radical (unpaired) electrons. The van der Waals surface area contributed by atoms with E-state index in [2.05, 4.69) is 0 Å². The zero-order valence-electron chi connectivity index (χ0n) is 11.7. The highest BCUT2D eigenvalue weighted by atomic mass is 32.2. The monoisotopic (exact) mass is 312 g/mol. The van der Waals surface area contributed by atoms with E-state index >= 15 is 0 Å². The first-order valence-electron chi connectivity index (χ1n) is 6.30. The lowest BCUT2D eigenvalue weighted by Gasteiger charge is -2.22. The molecule has 2 N–H and O–H groups in total. The predicted octanol–water partition coefficient (Wildman–Crippen LogP) is 0.169. The van der Waals surface area contributed by atoms with Crippen molar-refractivity contribution in [3.63, 3.8) is 0 Å². The van der Waals surface area contributed by atoms with Crippen molar-refractivity contribution in [3.8, 4) is 5.75 Å². The largest absolute Gasteiger partial charge is 0.496 e. The molecule has 8 heteroatoms. The molecule has 114 valence electrons. The number of carbonyl (C=O) groups is 2. The van der Waals surface area contributed by atoms with E-state index in [-0.39, 0.29) is 17.7 Å². The molecule has 0 aliphatic carbocycles. The van der Waals surface area contributed by atoms with Crippen molar-refractivity contribution in [2.24, 2.45) is 5.73 Å². The lowest BCUT2D eigenvalue weighted by atomic mass is 10.2. The molecule has 2 rings (SSSR count). The minimum atomic E-state index is -4.10. The third kappa shape index (κ3) is 2.58. The number of nitrogens with zero attached hydrogens (tertiary/aromatic N) is 1. The van der Waals surface area contributed by atoms with Gasteiger partial charge < -0.3 is 10.5 Å². The summed E-state index contributed by atoms with van der Waals surface area (Å²) in [4.78, 5) is 23.1. The number of rotatable bonds is 4. The van der Waals surface area contributed by atoms with Crippen LogP contribution in [0.5, 0.6) is 5.75 Å². The van der Waals surface area contributed by atoms with Crippen LogP contribution in [0, 0.1) is 6.92 Å². The maximum absolute atomic E-state index is 12.6. The molecule has 1 aliphatic rings. The summed E-state index contributed by atoms with van der Waals surface area (Å²) >= 11 is 0. The molecule has 0 aromatic heterocycles. The Labute approximate surface area is 122 Å². The Hall–Kier alpha value is -2.09. The number of aryl methyl sites for hydroxylation is 1. The van der Waals surface area contributed by atoms with E-state index in [4.69, 9.17) is 10.5 Å². The van der Waals surface area contributed by atoms with Crippen LogP contribution in [0.3, 0.4) is 0 Å². The molecule has 2 amide bonds. The Morgan fingerprint density at radius 3 is 2.62 bits per heavy atom. The number of hydrogen-bond acceptors (Lipinski definition) is 5. The quantitative estimate of drug-likeness (QED) is 0.852. The Morgan fingerprint density at radius 2 is 2.10 bits per heavy atom. The van der Waals surface area contributed by atoms with Crippen LogP contribution in [0.1, 0.15) is 18.4 Å². The number of carbonyl (C=O) groups excluding carboxylic acids is 2. The van der Waals surface area contributed by atoms with Gasteiger partial charge >= 0.3 is 0 Å². The molecular weight excluding hydrogens is 296 g/mol. The minimum Gasteiger partial charge on any atom is -0.496 e. The SMILES string of the molecule is COc1ccc(S(=O)(=O)N2C(=O)CC[C@H]2C(N)=O)cc1C. The summed E-state index contributed by atoms with van der Waals surface area (Å²) in [6, 6.07) is 3.12. The van der Waals surface area contributed by atoms with E-state index in [9.17, 15) is 18.0 Å². The van der Waals surface area contributed by atoms with Crippen LogP contribution in [0.25, 0.3) is 0 Å². The van der Waals surface area contributed by atoms with Gasteiger partial charge in [0.15, 0.2) is 0 Å². The topological polar surface area (TPSA) is 107 Å². The highest BCUT2D eigenvalue weighted by molar-refractivity contribution is 7.89. The molecule has 1 aromatic carbocycles. The van der Waals surface area contributed by atoms with Gasteiger partial charge in [0.1, 0.15) is 11.8 Å². The standard InChI is InChI=1S/C13H16N2O5S/c1-8-7-9(3-5-11(8)20-2)21(18,19)15-10(13(14)17)4-6-12(15)16/h3,5,7,10H,4,6H2,1-2H3,(H2,14,17)/t10-/m0/s1. The second kappa shape index (κ2) is 5.36. The van der Waals surface area contributed by atoms with E-state index < -0.39 is 27.9 Å². The summed E-state index contributed by atoms with van der Waals surface area (Å²) in [5, 5.41) is 0. The zero-order chi connectivity index (χ0) is 15.8. The van der Waals surface area contributed by atoms with Crippen LogP contribution in [-0.2, 0) is 19.6 Å². The Morgan fingerprint density at radius 1 is 1.43 bits per heavy atom. The van der Waals surface area contributed by atoms with Crippen LogP contribution in [0.15, 0.2) is 23.1 Å². The number of nitrogens with two attached hydrogens (primary N) is 1. The maximum atomic E-state index is 12.6. The fourth-order valence-electron chi connectivity index (χ4n) is 2.35. The van der Waals surface area contributed by atoms with Gasteiger partial charge in [-0.1, -0.05) is 0 Å². The molecular formula is C13H16N2O5S. The number of hydrogen-bond donors (Lipinski definition) is 1. The number of sulfonamides is 1. The molecule has 1 atom stereocenters. The van der Waals surface area contributed by atoms with Crippen molar-refractivity contribution >= 4 is 21.8 Å². The van der Waals surface area contributed by atoms with Crippen molar-refractivity contribution in [1.82, 2.24) is 4.31 Å². The van der Waals surface area contributed by atoms with Gasteiger partial charge in [-0.15, -0.1) is 0 Å². The fraction of sp³-hybridized carbons (Fsp3) is 0.385. The summed E-state index contributed by atoms with van der Waals surface area (Å²) in [5.74, 6) is -0.907. The molecule has 0 spiro atoms. The van der Waals surface area contributed by atoms with Crippen molar-refractivity contribution in [3.05, 3.63) is 23.8 Å². The molecule has 0 saturated carbocycles. The van der Waals surface area contributed by atoms with Crippen molar-refractivity contribution in [2.45, 2.75) is 30.7 Å². The second-order valence-corrected chi connectivity index (χ2v) is 6.60. The van der Waals surface area contributed by atoms with E-state index in [1.54, 1.807) is 6.92 Å². The lowest BCUT2D eigenvalue weighted by molar-refractivity contribution is -0.129. The Balaban J connectivity index is 2.48. The van der Waals surface area contributed by atoms with E-state index in [0.717, 1.165) is 0 Å². The van der Waals surface area contributed by atoms with Gasteiger partial charge in [-0.25, -0.2) is 12.7 Å².